The van der Waals surface area contributed by atoms with Crippen molar-refractivity contribution in [3.63, 3.8) is 0 Å². The molecule has 0 radical (unpaired) electrons. The summed E-state index contributed by atoms with van der Waals surface area (Å²) in [7, 11) is 0. The third kappa shape index (κ3) is 2.65. The molecule has 0 unspecified atom stereocenters. The highest BCUT2D eigenvalue weighted by Gasteiger charge is 2.51. The van der Waals surface area contributed by atoms with E-state index in [-0.39, 0.29) is 11.8 Å². The van der Waals surface area contributed by atoms with Crippen molar-refractivity contribution in [2.75, 3.05) is 0 Å². The smallest absolute Gasteiger partial charge is 0.269 e. The molecule has 4 nitrogen and oxygen atoms in total. The Kier molecular flexibility index (Phi) is 3.44. The first-order valence-corrected chi connectivity index (χ1v) is 6.94. The normalized spacial score (nSPS) is 15.0. The number of nitrogens with one attached hydrogen (secondary N) is 2. The number of benzene rings is 2. The first kappa shape index (κ1) is 13.4. The standard InChI is InChI=1S/C17H16N2O2/c20-15(13-7-3-1-4-8-13)18-19-16(21)17(11-12-17)14-9-5-2-6-10-14/h1-10H,11-12H2,(H,18,20)(H,19,21). The highest BCUT2D eigenvalue weighted by molar-refractivity contribution is 5.97. The Balaban J connectivity index is 1.64. The molecule has 0 saturated heterocycles. The number of carbonyl (C=O) groups excluding carboxylic acids is 2. The van der Waals surface area contributed by atoms with Crippen LogP contribution in [0.3, 0.4) is 0 Å². The minimum Gasteiger partial charge on any atom is -0.272 e. The van der Waals surface area contributed by atoms with E-state index in [1.807, 2.05) is 36.4 Å². The van der Waals surface area contributed by atoms with E-state index in [4.69, 9.17) is 0 Å². The lowest BCUT2D eigenvalue weighted by molar-refractivity contribution is -0.124. The Bertz CT molecular complexity index is 649. The maximum Gasteiger partial charge on any atom is 0.269 e. The molecule has 1 aliphatic rings. The van der Waals surface area contributed by atoms with Crippen molar-refractivity contribution in [1.82, 2.24) is 10.9 Å². The predicted octanol–water partition coefficient (Wildman–Crippen LogP) is 2.18. The molecule has 1 fully saturated rings. The van der Waals surface area contributed by atoms with Crippen molar-refractivity contribution in [2.24, 2.45) is 0 Å². The van der Waals surface area contributed by atoms with Gasteiger partial charge in [-0.05, 0) is 30.5 Å². The van der Waals surface area contributed by atoms with Crippen molar-refractivity contribution in [3.8, 4) is 0 Å². The second-order valence-corrected chi connectivity index (χ2v) is 5.22. The highest BCUT2D eigenvalue weighted by atomic mass is 16.2. The maximum absolute atomic E-state index is 12.3. The van der Waals surface area contributed by atoms with Crippen molar-refractivity contribution in [2.45, 2.75) is 18.3 Å². The zero-order valence-electron chi connectivity index (χ0n) is 11.5. The summed E-state index contributed by atoms with van der Waals surface area (Å²) < 4.78 is 0. The van der Waals surface area contributed by atoms with Crippen molar-refractivity contribution >= 4 is 11.8 Å². The van der Waals surface area contributed by atoms with Gasteiger partial charge in [0.15, 0.2) is 0 Å². The van der Waals surface area contributed by atoms with Gasteiger partial charge in [-0.15, -0.1) is 0 Å². The molecule has 1 aliphatic carbocycles. The van der Waals surface area contributed by atoms with Crippen LogP contribution < -0.4 is 10.9 Å². The Hall–Kier alpha value is -2.62. The second kappa shape index (κ2) is 5.40. The van der Waals surface area contributed by atoms with Crippen LogP contribution in [0.5, 0.6) is 0 Å². The molecule has 0 spiro atoms. The molecule has 0 heterocycles. The number of rotatable bonds is 3. The number of hydrazine groups is 1. The molecule has 2 amide bonds. The summed E-state index contributed by atoms with van der Waals surface area (Å²) in [4.78, 5) is 24.2. The molecule has 2 aromatic rings. The van der Waals surface area contributed by atoms with Crippen LogP contribution >= 0.6 is 0 Å². The van der Waals surface area contributed by atoms with Gasteiger partial charge in [-0.3, -0.25) is 20.4 Å². The second-order valence-electron chi connectivity index (χ2n) is 5.22. The molecule has 4 heteroatoms. The molecule has 3 rings (SSSR count). The van der Waals surface area contributed by atoms with E-state index < -0.39 is 5.41 Å². The summed E-state index contributed by atoms with van der Waals surface area (Å²) in [5.74, 6) is -0.467. The van der Waals surface area contributed by atoms with E-state index in [2.05, 4.69) is 10.9 Å². The summed E-state index contributed by atoms with van der Waals surface area (Å²) in [5, 5.41) is 0. The van der Waals surface area contributed by atoms with E-state index in [0.717, 1.165) is 18.4 Å². The zero-order valence-corrected chi connectivity index (χ0v) is 11.5. The largest absolute Gasteiger partial charge is 0.272 e. The number of hydrogen-bond acceptors (Lipinski definition) is 2. The quantitative estimate of drug-likeness (QED) is 0.847. The third-order valence-corrected chi connectivity index (χ3v) is 3.84. The van der Waals surface area contributed by atoms with Gasteiger partial charge in [-0.1, -0.05) is 48.5 Å². The van der Waals surface area contributed by atoms with E-state index >= 15 is 0 Å². The fourth-order valence-corrected chi connectivity index (χ4v) is 2.42. The number of amides is 2. The van der Waals surface area contributed by atoms with Crippen molar-refractivity contribution in [1.29, 1.82) is 0 Å². The maximum atomic E-state index is 12.3. The molecule has 21 heavy (non-hydrogen) atoms. The van der Waals surface area contributed by atoms with Crippen LogP contribution in [0.1, 0.15) is 28.8 Å². The van der Waals surface area contributed by atoms with E-state index in [1.165, 1.54) is 0 Å². The van der Waals surface area contributed by atoms with Gasteiger partial charge in [-0.25, -0.2) is 0 Å². The van der Waals surface area contributed by atoms with Gasteiger partial charge in [-0.2, -0.15) is 0 Å². The molecular formula is C17H16N2O2. The molecule has 0 aliphatic heterocycles. The molecule has 0 bridgehead atoms. The van der Waals surface area contributed by atoms with Crippen molar-refractivity contribution < 1.29 is 9.59 Å². The molecule has 1 saturated carbocycles. The van der Waals surface area contributed by atoms with Crippen LogP contribution in [0.4, 0.5) is 0 Å². The lowest BCUT2D eigenvalue weighted by atomic mass is 9.95. The molecule has 0 aromatic heterocycles. The van der Waals surface area contributed by atoms with Crippen LogP contribution in [-0.2, 0) is 10.2 Å². The molecule has 0 atom stereocenters. The third-order valence-electron chi connectivity index (χ3n) is 3.84. The first-order chi connectivity index (χ1) is 10.2. The minimum atomic E-state index is -0.481. The van der Waals surface area contributed by atoms with Gasteiger partial charge in [0.05, 0.1) is 5.41 Å². The Morgan fingerprint density at radius 1 is 0.810 bits per heavy atom. The van der Waals surface area contributed by atoms with Gasteiger partial charge >= 0.3 is 0 Å². The lowest BCUT2D eigenvalue weighted by Gasteiger charge is -2.16. The SMILES string of the molecule is O=C(NNC(=O)C1(c2ccccc2)CC1)c1ccccc1. The summed E-state index contributed by atoms with van der Waals surface area (Å²) in [6, 6.07) is 18.5. The topological polar surface area (TPSA) is 58.2 Å². The van der Waals surface area contributed by atoms with Gasteiger partial charge in [0.2, 0.25) is 5.91 Å². The van der Waals surface area contributed by atoms with E-state index in [0.29, 0.717) is 5.56 Å². The van der Waals surface area contributed by atoms with Crippen LogP contribution in [0.2, 0.25) is 0 Å². The molecule has 2 aromatic carbocycles. The zero-order chi connectivity index (χ0) is 14.7. The van der Waals surface area contributed by atoms with Crippen LogP contribution in [0, 0.1) is 0 Å². The fourth-order valence-electron chi connectivity index (χ4n) is 2.42. The Morgan fingerprint density at radius 3 is 1.95 bits per heavy atom. The van der Waals surface area contributed by atoms with Crippen LogP contribution in [0.15, 0.2) is 60.7 Å². The summed E-state index contributed by atoms with van der Waals surface area (Å²) in [6.45, 7) is 0. The Morgan fingerprint density at radius 2 is 1.38 bits per heavy atom. The first-order valence-electron chi connectivity index (χ1n) is 6.94. The van der Waals surface area contributed by atoms with Gasteiger partial charge < -0.3 is 0 Å². The van der Waals surface area contributed by atoms with E-state index in [9.17, 15) is 9.59 Å². The summed E-state index contributed by atoms with van der Waals surface area (Å²) in [5.41, 5.74) is 6.05. The van der Waals surface area contributed by atoms with E-state index in [1.54, 1.807) is 24.3 Å². The average molecular weight is 280 g/mol. The van der Waals surface area contributed by atoms with Gasteiger partial charge in [0.1, 0.15) is 0 Å². The minimum absolute atomic E-state index is 0.155. The van der Waals surface area contributed by atoms with Gasteiger partial charge in [0, 0.05) is 5.56 Å². The Labute approximate surface area is 123 Å². The molecule has 2 N–H and O–H groups in total. The average Bonchev–Trinajstić information content (AvgIpc) is 3.36. The monoisotopic (exact) mass is 280 g/mol. The highest BCUT2D eigenvalue weighted by Crippen LogP contribution is 2.48. The number of carbonyl (C=O) groups is 2. The molecular weight excluding hydrogens is 264 g/mol. The number of hydrogen-bond donors (Lipinski definition) is 2. The van der Waals surface area contributed by atoms with Crippen molar-refractivity contribution in [3.05, 3.63) is 71.8 Å². The van der Waals surface area contributed by atoms with Gasteiger partial charge in [0.25, 0.3) is 5.91 Å². The summed E-state index contributed by atoms with van der Waals surface area (Å²) >= 11 is 0. The lowest BCUT2D eigenvalue weighted by Crippen LogP contribution is -2.46. The summed E-state index contributed by atoms with van der Waals surface area (Å²) in [6.07, 6.45) is 1.62. The van der Waals surface area contributed by atoms with Crippen LogP contribution in [-0.4, -0.2) is 11.8 Å². The molecule has 106 valence electrons. The predicted molar refractivity (Wildman–Crippen MR) is 79.4 cm³/mol. The van der Waals surface area contributed by atoms with Crippen LogP contribution in [0.25, 0.3) is 0 Å². The fraction of sp³-hybridized carbons (Fsp3) is 0.176.